The molecule has 0 unspecified atom stereocenters. The average molecular weight is 458 g/mol. The number of amides is 1. The molecule has 1 saturated carbocycles. The molecule has 0 saturated heterocycles. The molecule has 0 atom stereocenters. The summed E-state index contributed by atoms with van der Waals surface area (Å²) >= 11 is 0. The van der Waals surface area contributed by atoms with Crippen molar-refractivity contribution in [2.75, 3.05) is 0 Å². The molecule has 0 aliphatic heterocycles. The van der Waals surface area contributed by atoms with E-state index in [1.807, 2.05) is 36.4 Å². The van der Waals surface area contributed by atoms with Gasteiger partial charge in [-0.3, -0.25) is 10.2 Å². The maximum atomic E-state index is 12.3. The largest absolute Gasteiger partial charge is 0.384 e. The second kappa shape index (κ2) is 9.67. The van der Waals surface area contributed by atoms with Gasteiger partial charge in [0, 0.05) is 18.5 Å². The highest BCUT2D eigenvalue weighted by molar-refractivity contribution is 5.97. The van der Waals surface area contributed by atoms with Crippen LogP contribution < -0.4 is 11.1 Å². The number of nitrogens with two attached hydrogens (primary N) is 1. The molecule has 5 rings (SSSR count). The predicted molar refractivity (Wildman–Crippen MR) is 134 cm³/mol. The summed E-state index contributed by atoms with van der Waals surface area (Å²) in [6.45, 7) is 0.518. The molecule has 176 valence electrons. The molecule has 1 aliphatic rings. The lowest BCUT2D eigenvalue weighted by Crippen LogP contribution is -2.23. The van der Waals surface area contributed by atoms with Crippen LogP contribution >= 0.6 is 0 Å². The van der Waals surface area contributed by atoms with E-state index in [0.29, 0.717) is 24.9 Å². The molecule has 1 fully saturated rings. The Hall–Kier alpha value is -3.68. The summed E-state index contributed by atoms with van der Waals surface area (Å²) in [6.07, 6.45) is 8.69. The molecule has 2 aromatic carbocycles. The first-order chi connectivity index (χ1) is 16.5. The number of hydrogen-bond acceptors (Lipinski definition) is 4. The third-order valence-corrected chi connectivity index (χ3v) is 6.77. The van der Waals surface area contributed by atoms with Crippen molar-refractivity contribution in [3.05, 3.63) is 59.2 Å². The molecule has 4 aromatic rings. The molecule has 1 aliphatic carbocycles. The monoisotopic (exact) mass is 457 g/mol. The van der Waals surface area contributed by atoms with E-state index >= 15 is 0 Å². The van der Waals surface area contributed by atoms with E-state index in [4.69, 9.17) is 16.1 Å². The van der Waals surface area contributed by atoms with Crippen LogP contribution in [0.5, 0.6) is 0 Å². The Bertz CT molecular complexity index is 1330. The summed E-state index contributed by atoms with van der Waals surface area (Å²) in [5, 5.41) is 10.7. The van der Waals surface area contributed by atoms with Crippen molar-refractivity contribution in [3.8, 4) is 0 Å². The van der Waals surface area contributed by atoms with Crippen LogP contribution in [0.15, 0.2) is 36.4 Å². The number of nitrogens with one attached hydrogen (secondary N) is 4. The zero-order valence-electron chi connectivity index (χ0n) is 19.3. The van der Waals surface area contributed by atoms with E-state index in [9.17, 15) is 4.79 Å². The third-order valence-electron chi connectivity index (χ3n) is 6.77. The topological polar surface area (TPSA) is 136 Å². The molecule has 2 aromatic heterocycles. The van der Waals surface area contributed by atoms with E-state index in [0.717, 1.165) is 51.6 Å². The molecule has 8 heteroatoms. The Kier molecular flexibility index (Phi) is 6.29. The fraction of sp³-hybridized carbons (Fsp3) is 0.385. The first-order valence-corrected chi connectivity index (χ1v) is 12.1. The van der Waals surface area contributed by atoms with Gasteiger partial charge in [-0.05, 0) is 48.2 Å². The van der Waals surface area contributed by atoms with Crippen LogP contribution in [0.1, 0.15) is 67.7 Å². The minimum Gasteiger partial charge on any atom is -0.384 e. The maximum Gasteiger partial charge on any atom is 0.220 e. The molecule has 0 radical (unpaired) electrons. The number of H-pyrrole nitrogens is 2. The van der Waals surface area contributed by atoms with Crippen LogP contribution in [-0.2, 0) is 17.8 Å². The van der Waals surface area contributed by atoms with Crippen molar-refractivity contribution in [2.45, 2.75) is 57.9 Å². The molecule has 8 nitrogen and oxygen atoms in total. The number of benzene rings is 2. The van der Waals surface area contributed by atoms with Crippen molar-refractivity contribution < 1.29 is 4.79 Å². The van der Waals surface area contributed by atoms with Gasteiger partial charge in [-0.1, -0.05) is 38.2 Å². The number of amidine groups is 1. The smallest absolute Gasteiger partial charge is 0.220 e. The lowest BCUT2D eigenvalue weighted by Gasteiger charge is -2.20. The molecular formula is C26H31N7O. The lowest BCUT2D eigenvalue weighted by molar-refractivity contribution is -0.121. The van der Waals surface area contributed by atoms with Crippen molar-refractivity contribution in [3.63, 3.8) is 0 Å². The lowest BCUT2D eigenvalue weighted by atomic mass is 9.86. The molecule has 0 spiro atoms. The predicted octanol–water partition coefficient (Wildman–Crippen LogP) is 4.29. The van der Waals surface area contributed by atoms with Gasteiger partial charge in [-0.2, -0.15) is 0 Å². The van der Waals surface area contributed by atoms with Gasteiger partial charge >= 0.3 is 0 Å². The van der Waals surface area contributed by atoms with Crippen LogP contribution in [0.3, 0.4) is 0 Å². The van der Waals surface area contributed by atoms with Gasteiger partial charge in [0.25, 0.3) is 0 Å². The van der Waals surface area contributed by atoms with E-state index in [1.165, 1.54) is 32.1 Å². The second-order valence-electron chi connectivity index (χ2n) is 9.36. The standard InChI is InChI=1S/C26H31N7O/c27-26(28)18-8-10-20-22(13-18)33-24(31-20)14-23-30-19-9-6-17(12-21(19)32-23)15-29-25(34)11-7-16-4-2-1-3-5-16/h6,8-10,12-13,16H,1-5,7,11,14-15H2,(H3,27,28)(H,29,34)(H,30,32)(H,31,33). The minimum atomic E-state index is 0.0277. The number of nitrogen functional groups attached to an aromatic ring is 1. The summed E-state index contributed by atoms with van der Waals surface area (Å²) in [4.78, 5) is 28.3. The maximum absolute atomic E-state index is 12.3. The fourth-order valence-corrected chi connectivity index (χ4v) is 4.87. The third kappa shape index (κ3) is 5.11. The SMILES string of the molecule is N=C(N)c1ccc2[nH]c(Cc3nc4cc(CNC(=O)CCC5CCCCC5)ccc4[nH]3)nc2c1. The van der Waals surface area contributed by atoms with Gasteiger partial charge in [0.15, 0.2) is 0 Å². The fourth-order valence-electron chi connectivity index (χ4n) is 4.87. The number of hydrogen-bond donors (Lipinski definition) is 5. The van der Waals surface area contributed by atoms with E-state index < -0.39 is 0 Å². The molecule has 1 amide bonds. The van der Waals surface area contributed by atoms with Gasteiger partial charge in [-0.15, -0.1) is 0 Å². The number of carbonyl (C=O) groups is 1. The van der Waals surface area contributed by atoms with Crippen LogP contribution in [0.25, 0.3) is 22.1 Å². The molecule has 2 heterocycles. The molecule has 0 bridgehead atoms. The first kappa shape index (κ1) is 22.1. The summed E-state index contributed by atoms with van der Waals surface area (Å²) in [7, 11) is 0. The Balaban J connectivity index is 1.20. The van der Waals surface area contributed by atoms with E-state index in [-0.39, 0.29) is 11.7 Å². The minimum absolute atomic E-state index is 0.0277. The number of rotatable bonds is 8. The quantitative estimate of drug-likeness (QED) is 0.199. The second-order valence-corrected chi connectivity index (χ2v) is 9.36. The Morgan fingerprint density at radius 2 is 1.68 bits per heavy atom. The number of imidazole rings is 2. The number of aromatic amines is 2. The molecule has 6 N–H and O–H groups in total. The Morgan fingerprint density at radius 1 is 1.00 bits per heavy atom. The van der Waals surface area contributed by atoms with E-state index in [2.05, 4.69) is 20.3 Å². The normalized spacial score (nSPS) is 14.6. The Morgan fingerprint density at radius 3 is 2.38 bits per heavy atom. The van der Waals surface area contributed by atoms with Gasteiger partial charge < -0.3 is 21.0 Å². The highest BCUT2D eigenvalue weighted by Gasteiger charge is 2.15. The van der Waals surface area contributed by atoms with Gasteiger partial charge in [0.1, 0.15) is 17.5 Å². The number of carbonyl (C=O) groups excluding carboxylic acids is 1. The van der Waals surface area contributed by atoms with Gasteiger partial charge in [-0.25, -0.2) is 9.97 Å². The summed E-state index contributed by atoms with van der Waals surface area (Å²) in [5.41, 5.74) is 10.8. The number of aromatic nitrogens is 4. The van der Waals surface area contributed by atoms with Crippen LogP contribution in [0, 0.1) is 11.3 Å². The summed E-state index contributed by atoms with van der Waals surface area (Å²) < 4.78 is 0. The molecule has 34 heavy (non-hydrogen) atoms. The van der Waals surface area contributed by atoms with Crippen molar-refractivity contribution >= 4 is 33.8 Å². The summed E-state index contributed by atoms with van der Waals surface area (Å²) in [5.74, 6) is 2.49. The van der Waals surface area contributed by atoms with Crippen molar-refractivity contribution in [1.82, 2.24) is 25.3 Å². The number of fused-ring (bicyclic) bond motifs is 2. The molecular weight excluding hydrogens is 426 g/mol. The van der Waals surface area contributed by atoms with Crippen molar-refractivity contribution in [1.29, 1.82) is 5.41 Å². The Labute approximate surface area is 198 Å². The van der Waals surface area contributed by atoms with Crippen LogP contribution in [0.2, 0.25) is 0 Å². The zero-order valence-corrected chi connectivity index (χ0v) is 19.3. The van der Waals surface area contributed by atoms with Crippen LogP contribution in [-0.4, -0.2) is 31.7 Å². The highest BCUT2D eigenvalue weighted by atomic mass is 16.1. The summed E-state index contributed by atoms with van der Waals surface area (Å²) in [6, 6.07) is 11.6. The van der Waals surface area contributed by atoms with E-state index in [1.54, 1.807) is 0 Å². The first-order valence-electron chi connectivity index (χ1n) is 12.1. The van der Waals surface area contributed by atoms with Crippen LogP contribution in [0.4, 0.5) is 0 Å². The zero-order chi connectivity index (χ0) is 23.5. The van der Waals surface area contributed by atoms with Gasteiger partial charge in [0.2, 0.25) is 5.91 Å². The highest BCUT2D eigenvalue weighted by Crippen LogP contribution is 2.27. The average Bonchev–Trinajstić information content (AvgIpc) is 3.43. The number of nitrogens with zero attached hydrogens (tertiary/aromatic N) is 2. The van der Waals surface area contributed by atoms with Crippen molar-refractivity contribution in [2.24, 2.45) is 11.7 Å². The van der Waals surface area contributed by atoms with Gasteiger partial charge in [0.05, 0.1) is 28.5 Å².